The predicted molar refractivity (Wildman–Crippen MR) is 140 cm³/mol. The van der Waals surface area contributed by atoms with Crippen LogP contribution in [0, 0.1) is 0 Å². The van der Waals surface area contributed by atoms with E-state index in [1.54, 1.807) is 36.4 Å². The third-order valence-corrected chi connectivity index (χ3v) is 6.49. The number of aromatic hydroxyl groups is 1. The SMILES string of the molecule is NC(=O)CC(NC(=O)C(N)Cc1ccccc1)C(=O)NC(Cc1ccc(O)cc1)C(=O)N1CCCC1C(=O)O. The maximum absolute atomic E-state index is 13.4. The van der Waals surface area contributed by atoms with Crippen LogP contribution in [0.25, 0.3) is 0 Å². The Balaban J connectivity index is 1.78. The molecule has 1 aliphatic rings. The van der Waals surface area contributed by atoms with Gasteiger partial charge in [0.2, 0.25) is 23.6 Å². The third-order valence-electron chi connectivity index (χ3n) is 6.49. The molecule has 1 aliphatic heterocycles. The lowest BCUT2D eigenvalue weighted by Crippen LogP contribution is -2.58. The van der Waals surface area contributed by atoms with Crippen LogP contribution in [-0.2, 0) is 36.8 Å². The summed E-state index contributed by atoms with van der Waals surface area (Å²) in [5.74, 6) is -4.16. The molecule has 208 valence electrons. The predicted octanol–water partition coefficient (Wildman–Crippen LogP) is -0.575. The molecule has 12 nitrogen and oxygen atoms in total. The summed E-state index contributed by atoms with van der Waals surface area (Å²) in [6, 6.07) is 10.3. The zero-order chi connectivity index (χ0) is 28.5. The van der Waals surface area contributed by atoms with Crippen LogP contribution in [0.4, 0.5) is 0 Å². The Labute approximate surface area is 225 Å². The normalized spacial score (nSPS) is 17.1. The molecule has 2 aromatic carbocycles. The number of likely N-dealkylation sites (tertiary alicyclic amines) is 1. The van der Waals surface area contributed by atoms with Crippen molar-refractivity contribution in [1.29, 1.82) is 0 Å². The van der Waals surface area contributed by atoms with Crippen molar-refractivity contribution >= 4 is 29.6 Å². The van der Waals surface area contributed by atoms with Gasteiger partial charge in [-0.15, -0.1) is 0 Å². The van der Waals surface area contributed by atoms with Crippen molar-refractivity contribution in [2.45, 2.75) is 56.3 Å². The minimum Gasteiger partial charge on any atom is -0.508 e. The number of carboxylic acids is 1. The molecule has 0 saturated carbocycles. The highest BCUT2D eigenvalue weighted by atomic mass is 16.4. The Morgan fingerprint density at radius 1 is 0.897 bits per heavy atom. The minimum atomic E-state index is -1.42. The lowest BCUT2D eigenvalue weighted by atomic mass is 10.0. The van der Waals surface area contributed by atoms with Crippen molar-refractivity contribution in [3.63, 3.8) is 0 Å². The molecule has 1 saturated heterocycles. The zero-order valence-corrected chi connectivity index (χ0v) is 21.3. The molecule has 0 aromatic heterocycles. The average Bonchev–Trinajstić information content (AvgIpc) is 3.39. The summed E-state index contributed by atoms with van der Waals surface area (Å²) < 4.78 is 0. The second-order valence-corrected chi connectivity index (χ2v) is 9.49. The van der Waals surface area contributed by atoms with Gasteiger partial charge in [0.25, 0.3) is 0 Å². The maximum Gasteiger partial charge on any atom is 0.326 e. The first-order valence-corrected chi connectivity index (χ1v) is 12.5. The molecule has 0 spiro atoms. The Bertz CT molecular complexity index is 1190. The van der Waals surface area contributed by atoms with Gasteiger partial charge in [-0.2, -0.15) is 0 Å². The van der Waals surface area contributed by atoms with Gasteiger partial charge in [0.1, 0.15) is 23.9 Å². The summed E-state index contributed by atoms with van der Waals surface area (Å²) in [5, 5.41) is 24.1. The largest absolute Gasteiger partial charge is 0.508 e. The number of carboxylic acid groups (broad SMARTS) is 1. The molecular weight excluding hydrogens is 506 g/mol. The Kier molecular flexibility index (Phi) is 9.98. The fourth-order valence-electron chi connectivity index (χ4n) is 4.48. The van der Waals surface area contributed by atoms with E-state index in [2.05, 4.69) is 10.6 Å². The van der Waals surface area contributed by atoms with Crippen molar-refractivity contribution < 1.29 is 34.2 Å². The average molecular weight is 540 g/mol. The number of benzene rings is 2. The van der Waals surface area contributed by atoms with Crippen LogP contribution in [0.3, 0.4) is 0 Å². The highest BCUT2D eigenvalue weighted by Gasteiger charge is 2.38. The number of rotatable bonds is 12. The van der Waals surface area contributed by atoms with Crippen molar-refractivity contribution in [2.75, 3.05) is 6.54 Å². The standard InChI is InChI=1S/C27H33N5O7/c28-19(13-16-5-2-1-3-6-16)24(35)30-20(15-23(29)34)25(36)31-21(14-17-8-10-18(33)11-9-17)26(37)32-12-4-7-22(32)27(38)39/h1-3,5-6,8-11,19-22,33H,4,7,12-15,28H2,(H2,29,34)(H,30,35)(H,31,36)(H,38,39). The zero-order valence-electron chi connectivity index (χ0n) is 21.3. The van der Waals surface area contributed by atoms with Crippen LogP contribution in [0.5, 0.6) is 5.75 Å². The van der Waals surface area contributed by atoms with Crippen molar-refractivity contribution in [1.82, 2.24) is 15.5 Å². The van der Waals surface area contributed by atoms with E-state index < -0.39 is 60.2 Å². The quantitative estimate of drug-likeness (QED) is 0.205. The molecule has 1 fully saturated rings. The number of carbonyl (C=O) groups excluding carboxylic acids is 4. The van der Waals surface area contributed by atoms with Crippen LogP contribution in [-0.4, -0.2) is 75.4 Å². The Morgan fingerprint density at radius 3 is 2.13 bits per heavy atom. The van der Waals surface area contributed by atoms with Gasteiger partial charge in [0, 0.05) is 13.0 Å². The molecule has 4 unspecified atom stereocenters. The molecule has 39 heavy (non-hydrogen) atoms. The number of nitrogens with zero attached hydrogens (tertiary/aromatic N) is 1. The summed E-state index contributed by atoms with van der Waals surface area (Å²) >= 11 is 0. The van der Waals surface area contributed by atoms with Crippen LogP contribution in [0.1, 0.15) is 30.4 Å². The molecule has 0 bridgehead atoms. The van der Waals surface area contributed by atoms with Gasteiger partial charge in [-0.25, -0.2) is 4.79 Å². The van der Waals surface area contributed by atoms with Crippen LogP contribution >= 0.6 is 0 Å². The molecule has 12 heteroatoms. The molecule has 3 rings (SSSR count). The number of carbonyl (C=O) groups is 5. The van der Waals surface area contributed by atoms with E-state index in [9.17, 15) is 34.2 Å². The van der Waals surface area contributed by atoms with E-state index in [4.69, 9.17) is 11.5 Å². The molecule has 2 aromatic rings. The van der Waals surface area contributed by atoms with Gasteiger partial charge in [0.15, 0.2) is 0 Å². The molecule has 4 amide bonds. The van der Waals surface area contributed by atoms with Crippen LogP contribution < -0.4 is 22.1 Å². The topological polar surface area (TPSA) is 205 Å². The minimum absolute atomic E-state index is 0.00669. The highest BCUT2D eigenvalue weighted by molar-refractivity contribution is 5.96. The fraction of sp³-hybridized carbons (Fsp3) is 0.370. The van der Waals surface area contributed by atoms with Gasteiger partial charge in [-0.3, -0.25) is 19.2 Å². The first-order chi connectivity index (χ1) is 18.5. The van der Waals surface area contributed by atoms with Crippen LogP contribution in [0.2, 0.25) is 0 Å². The third kappa shape index (κ3) is 8.27. The smallest absolute Gasteiger partial charge is 0.326 e. The van der Waals surface area contributed by atoms with Crippen molar-refractivity contribution in [3.05, 3.63) is 65.7 Å². The van der Waals surface area contributed by atoms with Gasteiger partial charge < -0.3 is 37.2 Å². The van der Waals surface area contributed by atoms with E-state index in [0.717, 1.165) is 5.56 Å². The lowest BCUT2D eigenvalue weighted by molar-refractivity contribution is -0.149. The maximum atomic E-state index is 13.4. The Hall–Kier alpha value is -4.45. The molecule has 4 atom stereocenters. The number of primary amides is 1. The molecule has 0 radical (unpaired) electrons. The first-order valence-electron chi connectivity index (χ1n) is 12.5. The fourth-order valence-corrected chi connectivity index (χ4v) is 4.48. The summed E-state index contributed by atoms with van der Waals surface area (Å²) in [6.07, 6.45) is 0.379. The van der Waals surface area contributed by atoms with E-state index in [-0.39, 0.29) is 31.6 Å². The Morgan fingerprint density at radius 2 is 1.51 bits per heavy atom. The van der Waals surface area contributed by atoms with E-state index in [1.807, 2.05) is 6.07 Å². The van der Waals surface area contributed by atoms with Crippen molar-refractivity contribution in [3.8, 4) is 5.75 Å². The number of nitrogens with one attached hydrogen (secondary N) is 2. The molecule has 8 N–H and O–H groups in total. The lowest BCUT2D eigenvalue weighted by Gasteiger charge is -2.29. The summed E-state index contributed by atoms with van der Waals surface area (Å²) in [6.45, 7) is 0.202. The number of phenolic OH excluding ortho intramolecular Hbond substituents is 1. The number of nitrogens with two attached hydrogens (primary N) is 2. The van der Waals surface area contributed by atoms with Gasteiger partial charge in [0.05, 0.1) is 12.5 Å². The van der Waals surface area contributed by atoms with E-state index in [1.165, 1.54) is 17.0 Å². The van der Waals surface area contributed by atoms with Gasteiger partial charge >= 0.3 is 5.97 Å². The second kappa shape index (κ2) is 13.4. The van der Waals surface area contributed by atoms with E-state index >= 15 is 0 Å². The number of phenols is 1. The van der Waals surface area contributed by atoms with Crippen LogP contribution in [0.15, 0.2) is 54.6 Å². The van der Waals surface area contributed by atoms with Crippen molar-refractivity contribution in [2.24, 2.45) is 11.5 Å². The first kappa shape index (κ1) is 29.1. The molecule has 1 heterocycles. The summed E-state index contributed by atoms with van der Waals surface area (Å²) in [5.41, 5.74) is 12.7. The number of aliphatic carboxylic acids is 1. The molecular formula is C27H33N5O7. The van der Waals surface area contributed by atoms with Gasteiger partial charge in [-0.05, 0) is 42.5 Å². The highest BCUT2D eigenvalue weighted by Crippen LogP contribution is 2.20. The number of hydrogen-bond donors (Lipinski definition) is 6. The number of amides is 4. The monoisotopic (exact) mass is 539 g/mol. The number of hydrogen-bond acceptors (Lipinski definition) is 7. The van der Waals surface area contributed by atoms with E-state index in [0.29, 0.717) is 12.0 Å². The summed E-state index contributed by atoms with van der Waals surface area (Å²) in [7, 11) is 0. The van der Waals surface area contributed by atoms with Gasteiger partial charge in [-0.1, -0.05) is 42.5 Å². The molecule has 0 aliphatic carbocycles. The second-order valence-electron chi connectivity index (χ2n) is 9.49. The summed E-state index contributed by atoms with van der Waals surface area (Å²) in [4.78, 5) is 64.1.